The van der Waals surface area contributed by atoms with Crippen LogP contribution in [0.1, 0.15) is 50.4 Å². The number of hydrogen-bond acceptors (Lipinski definition) is 7. The van der Waals surface area contributed by atoms with Crippen molar-refractivity contribution in [2.24, 2.45) is 5.92 Å². The molecule has 1 heterocycles. The number of sulfonamides is 1. The van der Waals surface area contributed by atoms with Crippen molar-refractivity contribution in [3.63, 3.8) is 0 Å². The average molecular weight is 685 g/mol. The van der Waals surface area contributed by atoms with Crippen molar-refractivity contribution in [2.45, 2.75) is 63.2 Å². The molecule has 48 heavy (non-hydrogen) atoms. The van der Waals surface area contributed by atoms with Crippen LogP contribution >= 0.6 is 0 Å². The van der Waals surface area contributed by atoms with Crippen LogP contribution in [-0.2, 0) is 14.8 Å². The highest BCUT2D eigenvalue weighted by atomic mass is 32.2. The number of rotatable bonds is 8. The second-order valence-corrected chi connectivity index (χ2v) is 13.9. The van der Waals surface area contributed by atoms with Crippen molar-refractivity contribution in [2.75, 3.05) is 43.4 Å². The number of fused-ring (bicyclic) bond motifs is 1. The fraction of sp³-hybridized carbons (Fsp3) is 0.429. The zero-order valence-corrected chi connectivity index (χ0v) is 28.6. The third-order valence-electron chi connectivity index (χ3n) is 8.25. The lowest BCUT2D eigenvalue weighted by atomic mass is 10.0. The maximum absolute atomic E-state index is 14.3. The average Bonchev–Trinajstić information content (AvgIpc) is 3.07. The summed E-state index contributed by atoms with van der Waals surface area (Å²) in [5, 5.41) is 12.9. The number of amides is 3. The highest BCUT2D eigenvalue weighted by Gasteiger charge is 2.31. The largest absolute Gasteiger partial charge is 0.490 e. The Labute approximate surface area is 282 Å². The van der Waals surface area contributed by atoms with Gasteiger partial charge in [-0.15, -0.1) is 0 Å². The molecule has 0 fully saturated rings. The number of ether oxygens (including phenoxy) is 2. The van der Waals surface area contributed by atoms with Crippen molar-refractivity contribution in [3.8, 4) is 5.75 Å². The Morgan fingerprint density at radius 2 is 1.75 bits per heavy atom. The van der Waals surface area contributed by atoms with Gasteiger partial charge in [-0.1, -0.05) is 25.1 Å². The Kier molecular flexibility index (Phi) is 12.8. The molecule has 13 heteroatoms. The minimum atomic E-state index is -3.93. The minimum absolute atomic E-state index is 0.0768. The summed E-state index contributed by atoms with van der Waals surface area (Å²) < 4.78 is 54.6. The number of halogens is 1. The van der Waals surface area contributed by atoms with Crippen LogP contribution in [0.5, 0.6) is 5.75 Å². The summed E-state index contributed by atoms with van der Waals surface area (Å²) in [6.07, 6.45) is 1.47. The highest BCUT2D eigenvalue weighted by Crippen LogP contribution is 2.29. The van der Waals surface area contributed by atoms with Crippen LogP contribution in [0.25, 0.3) is 0 Å². The molecule has 0 saturated carbocycles. The zero-order chi connectivity index (χ0) is 34.8. The third kappa shape index (κ3) is 9.91. The van der Waals surface area contributed by atoms with E-state index in [0.717, 1.165) is 12.8 Å². The van der Waals surface area contributed by atoms with E-state index < -0.39 is 39.9 Å². The summed E-state index contributed by atoms with van der Waals surface area (Å²) >= 11 is 0. The summed E-state index contributed by atoms with van der Waals surface area (Å²) in [5.41, 5.74) is 0.776. The van der Waals surface area contributed by atoms with Gasteiger partial charge in [0.2, 0.25) is 0 Å². The van der Waals surface area contributed by atoms with E-state index in [0.29, 0.717) is 24.5 Å². The smallest absolute Gasteiger partial charge is 0.321 e. The molecule has 1 aliphatic heterocycles. The van der Waals surface area contributed by atoms with Crippen LogP contribution < -0.4 is 14.8 Å². The number of urea groups is 1. The number of carbonyl (C=O) groups excluding carboxylic acids is 2. The molecule has 0 radical (unpaired) electrons. The van der Waals surface area contributed by atoms with Crippen molar-refractivity contribution < 1.29 is 37.0 Å². The van der Waals surface area contributed by atoms with Crippen LogP contribution in [0.15, 0.2) is 77.7 Å². The summed E-state index contributed by atoms with van der Waals surface area (Å²) in [6.45, 7) is 6.00. The lowest BCUT2D eigenvalue weighted by Gasteiger charge is -2.35. The quantitative estimate of drug-likeness (QED) is 0.282. The van der Waals surface area contributed by atoms with E-state index in [4.69, 9.17) is 9.47 Å². The lowest BCUT2D eigenvalue weighted by Crippen LogP contribution is -2.48. The second kappa shape index (κ2) is 16.8. The standard InChI is InChI=1S/C35H45FN4O7S/c1-24-21-40(25(2)23-41)34(42)31-20-29(38-48(44,45)30-11-6-5-7-12-30)17-18-32(31)47-26(3)10-8-9-19-46-33(24)22-39(4)35(43)37-28-15-13-27(36)14-16-28/h5-7,11-18,20,24-26,33,38,41H,8-10,19,21-23H2,1-4H3,(H,37,43)/t24-,25+,26+,33-/m1/s1. The molecule has 11 nitrogen and oxygen atoms in total. The molecule has 260 valence electrons. The van der Waals surface area contributed by atoms with Crippen molar-refractivity contribution in [1.82, 2.24) is 9.80 Å². The highest BCUT2D eigenvalue weighted by molar-refractivity contribution is 7.92. The Balaban J connectivity index is 1.62. The third-order valence-corrected chi connectivity index (χ3v) is 9.65. The number of nitrogens with one attached hydrogen (secondary N) is 2. The van der Waals surface area contributed by atoms with E-state index in [1.807, 2.05) is 13.8 Å². The molecule has 0 saturated heterocycles. The minimum Gasteiger partial charge on any atom is -0.490 e. The molecule has 4 atom stereocenters. The fourth-order valence-corrected chi connectivity index (χ4v) is 6.44. The zero-order valence-electron chi connectivity index (χ0n) is 27.8. The molecule has 3 amide bonds. The lowest BCUT2D eigenvalue weighted by molar-refractivity contribution is -0.0115. The topological polar surface area (TPSA) is 138 Å². The van der Waals surface area contributed by atoms with Gasteiger partial charge in [-0.3, -0.25) is 9.52 Å². The number of aliphatic hydroxyl groups excluding tert-OH is 1. The van der Waals surface area contributed by atoms with Gasteiger partial charge in [-0.2, -0.15) is 0 Å². The van der Waals surface area contributed by atoms with Gasteiger partial charge >= 0.3 is 6.03 Å². The molecule has 0 aliphatic carbocycles. The Hall–Kier alpha value is -4.20. The molecule has 3 aromatic carbocycles. The van der Waals surface area contributed by atoms with Crippen molar-refractivity contribution in [3.05, 3.63) is 84.2 Å². The van der Waals surface area contributed by atoms with Gasteiger partial charge in [0.1, 0.15) is 11.6 Å². The van der Waals surface area contributed by atoms with Gasteiger partial charge in [0.25, 0.3) is 15.9 Å². The van der Waals surface area contributed by atoms with Crippen LogP contribution in [0, 0.1) is 11.7 Å². The Bertz CT molecular complexity index is 1630. The molecule has 0 unspecified atom stereocenters. The Morgan fingerprint density at radius 1 is 1.06 bits per heavy atom. The summed E-state index contributed by atoms with van der Waals surface area (Å²) in [7, 11) is -2.30. The molecular formula is C35H45FN4O7S. The first-order chi connectivity index (χ1) is 22.9. The molecule has 3 aromatic rings. The normalized spacial score (nSPS) is 20.1. The molecule has 0 spiro atoms. The first kappa shape index (κ1) is 36.6. The van der Waals surface area contributed by atoms with E-state index in [2.05, 4.69) is 10.0 Å². The Morgan fingerprint density at radius 3 is 2.44 bits per heavy atom. The fourth-order valence-electron chi connectivity index (χ4n) is 5.37. The van der Waals surface area contributed by atoms with E-state index in [1.165, 1.54) is 52.3 Å². The van der Waals surface area contributed by atoms with E-state index in [9.17, 15) is 27.5 Å². The number of benzene rings is 3. The maximum atomic E-state index is 14.3. The van der Waals surface area contributed by atoms with E-state index in [-0.39, 0.29) is 47.9 Å². The van der Waals surface area contributed by atoms with Crippen LogP contribution in [0.3, 0.4) is 0 Å². The number of aliphatic hydroxyl groups is 1. The van der Waals surface area contributed by atoms with Crippen LogP contribution in [-0.4, -0.2) is 86.9 Å². The summed E-state index contributed by atoms with van der Waals surface area (Å²) in [4.78, 5) is 30.4. The van der Waals surface area contributed by atoms with Gasteiger partial charge < -0.3 is 29.7 Å². The van der Waals surface area contributed by atoms with Gasteiger partial charge in [0, 0.05) is 44.0 Å². The molecule has 0 bridgehead atoms. The molecular weight excluding hydrogens is 639 g/mol. The maximum Gasteiger partial charge on any atom is 0.321 e. The molecule has 4 rings (SSSR count). The predicted molar refractivity (Wildman–Crippen MR) is 182 cm³/mol. The van der Waals surface area contributed by atoms with Gasteiger partial charge in [-0.05, 0) is 87.7 Å². The first-order valence-corrected chi connectivity index (χ1v) is 17.6. The summed E-state index contributed by atoms with van der Waals surface area (Å²) in [6, 6.07) is 17.0. The number of carbonyl (C=O) groups is 2. The monoisotopic (exact) mass is 684 g/mol. The van der Waals surface area contributed by atoms with Crippen molar-refractivity contribution >= 4 is 33.3 Å². The van der Waals surface area contributed by atoms with E-state index in [1.54, 1.807) is 44.3 Å². The number of hydrogen-bond donors (Lipinski definition) is 3. The van der Waals surface area contributed by atoms with Crippen LogP contribution in [0.4, 0.5) is 20.6 Å². The molecule has 1 aliphatic rings. The van der Waals surface area contributed by atoms with Crippen LogP contribution in [0.2, 0.25) is 0 Å². The van der Waals surface area contributed by atoms with E-state index >= 15 is 0 Å². The second-order valence-electron chi connectivity index (χ2n) is 12.2. The van der Waals surface area contributed by atoms with Gasteiger partial charge in [0.05, 0.1) is 35.3 Å². The van der Waals surface area contributed by atoms with Crippen molar-refractivity contribution in [1.29, 1.82) is 0 Å². The number of likely N-dealkylation sites (N-methyl/N-ethyl adjacent to an activating group) is 1. The predicted octanol–water partition coefficient (Wildman–Crippen LogP) is 5.59. The number of anilines is 2. The number of nitrogens with zero attached hydrogens (tertiary/aromatic N) is 2. The molecule has 0 aromatic heterocycles. The van der Waals surface area contributed by atoms with Gasteiger partial charge in [-0.25, -0.2) is 17.6 Å². The van der Waals surface area contributed by atoms with Gasteiger partial charge in [0.15, 0.2) is 0 Å². The SMILES string of the molecule is C[C@@H]1CN([C@@H](C)CO)C(=O)c2cc(NS(=O)(=O)c3ccccc3)ccc2O[C@@H](C)CCCCO[C@@H]1CN(C)C(=O)Nc1ccc(F)cc1. The summed E-state index contributed by atoms with van der Waals surface area (Å²) in [5.74, 6) is -0.854. The molecule has 3 N–H and O–H groups in total. The first-order valence-electron chi connectivity index (χ1n) is 16.1.